The second-order valence-corrected chi connectivity index (χ2v) is 6.41. The standard InChI is InChI=1S/C13H18ClNO4S/c1-3-9(4-2)8-19-13(16)10-5-6-11(14)12(7-10)20(15,17)18/h5-7,9H,3-4,8H2,1-2H3,(H2,15,17,18). The van der Waals surface area contributed by atoms with Gasteiger partial charge in [0.15, 0.2) is 0 Å². The summed E-state index contributed by atoms with van der Waals surface area (Å²) in [6.45, 7) is 4.34. The van der Waals surface area contributed by atoms with Gasteiger partial charge in [-0.3, -0.25) is 0 Å². The average molecular weight is 320 g/mol. The summed E-state index contributed by atoms with van der Waals surface area (Å²) in [5.41, 5.74) is 0.115. The van der Waals surface area contributed by atoms with Gasteiger partial charge in [-0.15, -0.1) is 0 Å². The Morgan fingerprint density at radius 3 is 2.45 bits per heavy atom. The summed E-state index contributed by atoms with van der Waals surface area (Å²) in [5.74, 6) is -0.289. The van der Waals surface area contributed by atoms with E-state index in [1.54, 1.807) is 0 Å². The van der Waals surface area contributed by atoms with Crippen molar-refractivity contribution in [1.82, 2.24) is 0 Å². The number of benzene rings is 1. The van der Waals surface area contributed by atoms with Crippen LogP contribution in [0.3, 0.4) is 0 Å². The molecule has 0 fully saturated rings. The monoisotopic (exact) mass is 319 g/mol. The summed E-state index contributed by atoms with van der Waals surface area (Å²) >= 11 is 5.75. The van der Waals surface area contributed by atoms with Crippen LogP contribution in [0.15, 0.2) is 23.1 Å². The Morgan fingerprint density at radius 1 is 1.35 bits per heavy atom. The van der Waals surface area contributed by atoms with Gasteiger partial charge in [-0.25, -0.2) is 18.4 Å². The molecule has 0 saturated carbocycles. The van der Waals surface area contributed by atoms with E-state index in [-0.39, 0.29) is 15.5 Å². The van der Waals surface area contributed by atoms with Crippen molar-refractivity contribution in [2.75, 3.05) is 6.61 Å². The minimum Gasteiger partial charge on any atom is -0.462 e. The third-order valence-electron chi connectivity index (χ3n) is 3.08. The number of sulfonamides is 1. The molecule has 0 aliphatic heterocycles. The van der Waals surface area contributed by atoms with Gasteiger partial charge in [-0.1, -0.05) is 38.3 Å². The minimum absolute atomic E-state index is 0.0240. The third kappa shape index (κ3) is 4.47. The molecular formula is C13H18ClNO4S. The maximum absolute atomic E-state index is 11.9. The molecule has 0 heterocycles. The molecule has 0 spiro atoms. The van der Waals surface area contributed by atoms with Gasteiger partial charge in [-0.2, -0.15) is 0 Å². The molecule has 0 aliphatic carbocycles. The van der Waals surface area contributed by atoms with Gasteiger partial charge in [0.2, 0.25) is 10.0 Å². The number of hydrogen-bond acceptors (Lipinski definition) is 4. The largest absolute Gasteiger partial charge is 0.462 e. The number of hydrogen-bond donors (Lipinski definition) is 1. The highest BCUT2D eigenvalue weighted by atomic mass is 35.5. The van der Waals surface area contributed by atoms with Gasteiger partial charge < -0.3 is 4.74 Å². The third-order valence-corrected chi connectivity index (χ3v) is 4.47. The van der Waals surface area contributed by atoms with Crippen molar-refractivity contribution < 1.29 is 17.9 Å². The number of rotatable bonds is 6. The Hall–Kier alpha value is -1.11. The predicted octanol–water partition coefficient (Wildman–Crippen LogP) is 2.58. The maximum atomic E-state index is 11.9. The van der Waals surface area contributed by atoms with Crippen molar-refractivity contribution in [3.8, 4) is 0 Å². The molecule has 112 valence electrons. The van der Waals surface area contributed by atoms with Gasteiger partial charge in [0.05, 0.1) is 17.2 Å². The van der Waals surface area contributed by atoms with Crippen LogP contribution in [0.25, 0.3) is 0 Å². The van der Waals surface area contributed by atoms with Crippen LogP contribution in [0, 0.1) is 5.92 Å². The van der Waals surface area contributed by atoms with Crippen molar-refractivity contribution in [3.63, 3.8) is 0 Å². The smallest absolute Gasteiger partial charge is 0.338 e. The average Bonchev–Trinajstić information content (AvgIpc) is 2.38. The van der Waals surface area contributed by atoms with Gasteiger partial charge >= 0.3 is 5.97 Å². The SMILES string of the molecule is CCC(CC)COC(=O)c1ccc(Cl)c(S(N)(=O)=O)c1. The lowest BCUT2D eigenvalue weighted by Crippen LogP contribution is -2.16. The van der Waals surface area contributed by atoms with E-state index in [9.17, 15) is 13.2 Å². The highest BCUT2D eigenvalue weighted by molar-refractivity contribution is 7.89. The lowest BCUT2D eigenvalue weighted by molar-refractivity contribution is 0.0433. The van der Waals surface area contributed by atoms with Crippen LogP contribution in [-0.2, 0) is 14.8 Å². The Kier molecular flexibility index (Phi) is 5.98. The number of carbonyl (C=O) groups excluding carboxylic acids is 1. The first-order valence-electron chi connectivity index (χ1n) is 6.29. The van der Waals surface area contributed by atoms with Crippen LogP contribution in [0.4, 0.5) is 0 Å². The Balaban J connectivity index is 2.90. The summed E-state index contributed by atoms with van der Waals surface area (Å²) in [5, 5.41) is 5.00. The molecule has 0 aromatic heterocycles. The van der Waals surface area contributed by atoms with Gasteiger partial charge in [0.25, 0.3) is 0 Å². The molecule has 0 atom stereocenters. The van der Waals surface area contributed by atoms with Gasteiger partial charge in [-0.05, 0) is 24.1 Å². The van der Waals surface area contributed by atoms with Crippen molar-refractivity contribution in [1.29, 1.82) is 0 Å². The predicted molar refractivity (Wildman–Crippen MR) is 77.2 cm³/mol. The fourth-order valence-corrected chi connectivity index (χ4v) is 2.72. The zero-order chi connectivity index (χ0) is 15.3. The molecule has 0 amide bonds. The minimum atomic E-state index is -3.97. The molecule has 1 rings (SSSR count). The van der Waals surface area contributed by atoms with Crippen LogP contribution in [0.2, 0.25) is 5.02 Å². The van der Waals surface area contributed by atoms with E-state index in [0.717, 1.165) is 18.9 Å². The van der Waals surface area contributed by atoms with Gasteiger partial charge in [0, 0.05) is 0 Å². The second-order valence-electron chi connectivity index (χ2n) is 4.47. The first-order chi connectivity index (χ1) is 9.29. The molecule has 0 saturated heterocycles. The van der Waals surface area contributed by atoms with Crippen molar-refractivity contribution in [3.05, 3.63) is 28.8 Å². The highest BCUT2D eigenvalue weighted by Crippen LogP contribution is 2.22. The van der Waals surface area contributed by atoms with Crippen LogP contribution in [0.1, 0.15) is 37.0 Å². The molecule has 1 aromatic rings. The van der Waals surface area contributed by atoms with Crippen LogP contribution >= 0.6 is 11.6 Å². The quantitative estimate of drug-likeness (QED) is 0.816. The molecular weight excluding hydrogens is 302 g/mol. The van der Waals surface area contributed by atoms with E-state index in [4.69, 9.17) is 21.5 Å². The Morgan fingerprint density at radius 2 is 1.95 bits per heavy atom. The molecule has 0 bridgehead atoms. The zero-order valence-corrected chi connectivity index (χ0v) is 13.0. The fraction of sp³-hybridized carbons (Fsp3) is 0.462. The normalized spacial score (nSPS) is 11.7. The zero-order valence-electron chi connectivity index (χ0n) is 11.4. The maximum Gasteiger partial charge on any atom is 0.338 e. The molecule has 20 heavy (non-hydrogen) atoms. The molecule has 5 nitrogen and oxygen atoms in total. The molecule has 7 heteroatoms. The molecule has 0 aliphatic rings. The summed E-state index contributed by atoms with van der Waals surface area (Å²) in [6.07, 6.45) is 1.82. The number of ether oxygens (including phenoxy) is 1. The Bertz CT molecular complexity index is 582. The van der Waals surface area contributed by atoms with E-state index in [0.29, 0.717) is 12.5 Å². The molecule has 2 N–H and O–H groups in total. The second kappa shape index (κ2) is 7.06. The number of halogens is 1. The topological polar surface area (TPSA) is 86.5 Å². The first kappa shape index (κ1) is 16.9. The lowest BCUT2D eigenvalue weighted by atomic mass is 10.1. The molecule has 0 unspecified atom stereocenters. The summed E-state index contributed by atoms with van der Waals surface area (Å²) in [7, 11) is -3.97. The summed E-state index contributed by atoms with van der Waals surface area (Å²) < 4.78 is 27.8. The van der Waals surface area contributed by atoms with E-state index in [1.807, 2.05) is 13.8 Å². The van der Waals surface area contributed by atoms with Crippen molar-refractivity contribution in [2.24, 2.45) is 11.1 Å². The van der Waals surface area contributed by atoms with E-state index in [1.165, 1.54) is 12.1 Å². The lowest BCUT2D eigenvalue weighted by Gasteiger charge is -2.13. The van der Waals surface area contributed by atoms with Crippen LogP contribution < -0.4 is 5.14 Å². The molecule has 1 aromatic carbocycles. The summed E-state index contributed by atoms with van der Waals surface area (Å²) in [4.78, 5) is 11.6. The summed E-state index contributed by atoms with van der Waals surface area (Å²) in [6, 6.07) is 3.86. The molecule has 0 radical (unpaired) electrons. The number of carbonyl (C=O) groups is 1. The fourth-order valence-electron chi connectivity index (χ4n) is 1.65. The highest BCUT2D eigenvalue weighted by Gasteiger charge is 2.17. The van der Waals surface area contributed by atoms with Crippen molar-refractivity contribution >= 4 is 27.6 Å². The number of nitrogens with two attached hydrogens (primary N) is 1. The van der Waals surface area contributed by atoms with Crippen LogP contribution in [0.5, 0.6) is 0 Å². The number of primary sulfonamides is 1. The van der Waals surface area contributed by atoms with E-state index in [2.05, 4.69) is 0 Å². The Labute approximate surface area is 124 Å². The first-order valence-corrected chi connectivity index (χ1v) is 8.21. The van der Waals surface area contributed by atoms with Crippen LogP contribution in [-0.4, -0.2) is 21.0 Å². The van der Waals surface area contributed by atoms with Gasteiger partial charge in [0.1, 0.15) is 4.90 Å². The van der Waals surface area contributed by atoms with E-state index >= 15 is 0 Å². The van der Waals surface area contributed by atoms with E-state index < -0.39 is 16.0 Å². The van der Waals surface area contributed by atoms with Crippen molar-refractivity contribution in [2.45, 2.75) is 31.6 Å². The number of esters is 1.